The van der Waals surface area contributed by atoms with Gasteiger partial charge in [0.25, 0.3) is 0 Å². The highest BCUT2D eigenvalue weighted by Gasteiger charge is 2.35. The summed E-state index contributed by atoms with van der Waals surface area (Å²) in [7, 11) is 0. The maximum absolute atomic E-state index is 12.7. The number of carbonyl (C=O) groups is 2. The summed E-state index contributed by atoms with van der Waals surface area (Å²) in [6.07, 6.45) is 0.245. The molecule has 1 atom stereocenters. The van der Waals surface area contributed by atoms with Gasteiger partial charge in [0.1, 0.15) is 0 Å². The van der Waals surface area contributed by atoms with Crippen LogP contribution in [0, 0.1) is 5.92 Å². The van der Waals surface area contributed by atoms with Crippen LogP contribution in [0.5, 0.6) is 0 Å². The van der Waals surface area contributed by atoms with Crippen molar-refractivity contribution < 1.29 is 9.59 Å². The Kier molecular flexibility index (Phi) is 6.57. The van der Waals surface area contributed by atoms with Crippen LogP contribution in [0.1, 0.15) is 45.6 Å². The summed E-state index contributed by atoms with van der Waals surface area (Å²) in [6, 6.07) is 15.9. The van der Waals surface area contributed by atoms with Gasteiger partial charge in [-0.05, 0) is 61.7 Å². The molecule has 0 aromatic heterocycles. The minimum absolute atomic E-state index is 0.000622. The molecule has 1 unspecified atom stereocenters. The molecule has 2 aromatic rings. The van der Waals surface area contributed by atoms with Gasteiger partial charge in [0, 0.05) is 43.1 Å². The molecule has 0 aliphatic carbocycles. The Balaban J connectivity index is 1.63. The van der Waals surface area contributed by atoms with E-state index in [1.807, 2.05) is 36.4 Å². The average molecular weight is 394 g/mol. The molecule has 3 rings (SSSR count). The number of rotatable bonds is 7. The van der Waals surface area contributed by atoms with E-state index in [0.717, 1.165) is 30.2 Å². The van der Waals surface area contributed by atoms with Gasteiger partial charge in [-0.3, -0.25) is 9.59 Å². The largest absolute Gasteiger partial charge is 0.372 e. The molecule has 1 N–H and O–H groups in total. The number of hydrogen-bond acceptors (Lipinski definition) is 3. The van der Waals surface area contributed by atoms with E-state index in [0.29, 0.717) is 12.5 Å². The van der Waals surface area contributed by atoms with Crippen molar-refractivity contribution in [3.05, 3.63) is 54.1 Å². The van der Waals surface area contributed by atoms with Gasteiger partial charge in [-0.25, -0.2) is 0 Å². The van der Waals surface area contributed by atoms with E-state index in [2.05, 4.69) is 50.0 Å². The minimum Gasteiger partial charge on any atom is -0.372 e. The van der Waals surface area contributed by atoms with Gasteiger partial charge in [0.05, 0.1) is 5.92 Å². The first-order valence-electron chi connectivity index (χ1n) is 10.5. The molecule has 2 amide bonds. The lowest BCUT2D eigenvalue weighted by Crippen LogP contribution is -2.28. The molecule has 0 bridgehead atoms. The van der Waals surface area contributed by atoms with E-state index < -0.39 is 0 Å². The highest BCUT2D eigenvalue weighted by molar-refractivity contribution is 6.03. The molecule has 1 fully saturated rings. The number of carbonyl (C=O) groups excluding carboxylic acids is 2. The zero-order chi connectivity index (χ0) is 21.0. The Morgan fingerprint density at radius 1 is 1.07 bits per heavy atom. The van der Waals surface area contributed by atoms with E-state index in [-0.39, 0.29) is 24.2 Å². The molecule has 1 saturated heterocycles. The van der Waals surface area contributed by atoms with Crippen LogP contribution in [0.3, 0.4) is 0 Å². The Morgan fingerprint density at radius 3 is 2.24 bits per heavy atom. The van der Waals surface area contributed by atoms with E-state index in [1.165, 1.54) is 5.56 Å². The van der Waals surface area contributed by atoms with Gasteiger partial charge in [-0.2, -0.15) is 0 Å². The fourth-order valence-electron chi connectivity index (χ4n) is 3.76. The fraction of sp³-hybridized carbons (Fsp3) is 0.417. The lowest BCUT2D eigenvalue weighted by atomic mass is 10.0. The molecular weight excluding hydrogens is 362 g/mol. The second kappa shape index (κ2) is 9.12. The van der Waals surface area contributed by atoms with Crippen molar-refractivity contribution in [1.29, 1.82) is 0 Å². The van der Waals surface area contributed by atoms with Gasteiger partial charge < -0.3 is 15.1 Å². The lowest BCUT2D eigenvalue weighted by Gasteiger charge is -2.21. The molecule has 5 heteroatoms. The van der Waals surface area contributed by atoms with Crippen molar-refractivity contribution in [2.45, 2.75) is 40.0 Å². The summed E-state index contributed by atoms with van der Waals surface area (Å²) in [5, 5.41) is 2.97. The quantitative estimate of drug-likeness (QED) is 0.745. The monoisotopic (exact) mass is 393 g/mol. The number of benzene rings is 2. The smallest absolute Gasteiger partial charge is 0.229 e. The third-order valence-electron chi connectivity index (χ3n) is 5.63. The summed E-state index contributed by atoms with van der Waals surface area (Å²) in [5.41, 5.74) is 4.00. The maximum atomic E-state index is 12.7. The number of hydrogen-bond donors (Lipinski definition) is 1. The summed E-state index contributed by atoms with van der Waals surface area (Å²) < 4.78 is 0. The van der Waals surface area contributed by atoms with Crippen molar-refractivity contribution in [2.24, 2.45) is 5.92 Å². The Labute approximate surface area is 173 Å². The number of nitrogens with zero attached hydrogens (tertiary/aromatic N) is 2. The molecular formula is C24H31N3O2. The first kappa shape index (κ1) is 20.9. The van der Waals surface area contributed by atoms with E-state index in [1.54, 1.807) is 4.90 Å². The minimum atomic E-state index is -0.338. The van der Waals surface area contributed by atoms with E-state index in [4.69, 9.17) is 0 Å². The van der Waals surface area contributed by atoms with Gasteiger partial charge in [0.2, 0.25) is 11.8 Å². The summed E-state index contributed by atoms with van der Waals surface area (Å²) in [6.45, 7) is 10.8. The molecule has 0 saturated carbocycles. The Hall–Kier alpha value is -2.82. The molecule has 0 spiro atoms. The number of nitrogens with one attached hydrogen (secondary N) is 1. The predicted octanol–water partition coefficient (Wildman–Crippen LogP) is 4.65. The zero-order valence-corrected chi connectivity index (χ0v) is 17.8. The van der Waals surface area contributed by atoms with Gasteiger partial charge >= 0.3 is 0 Å². The normalized spacial score (nSPS) is 16.4. The van der Waals surface area contributed by atoms with Crippen LogP contribution in [0.4, 0.5) is 17.1 Å². The van der Waals surface area contributed by atoms with Crippen LogP contribution in [-0.2, 0) is 9.59 Å². The number of anilines is 3. The molecule has 1 aliphatic rings. The second-order valence-electron chi connectivity index (χ2n) is 7.86. The van der Waals surface area contributed by atoms with Crippen LogP contribution < -0.4 is 15.1 Å². The molecule has 5 nitrogen and oxygen atoms in total. The highest BCUT2D eigenvalue weighted by Crippen LogP contribution is 2.28. The number of amides is 2. The topological polar surface area (TPSA) is 52.7 Å². The molecule has 29 heavy (non-hydrogen) atoms. The van der Waals surface area contributed by atoms with Gasteiger partial charge in [0.15, 0.2) is 0 Å². The van der Waals surface area contributed by atoms with Gasteiger partial charge in [-0.1, -0.05) is 26.0 Å². The first-order chi connectivity index (χ1) is 13.9. The zero-order valence-electron chi connectivity index (χ0n) is 17.8. The van der Waals surface area contributed by atoms with Crippen LogP contribution in [0.15, 0.2) is 48.5 Å². The molecule has 1 aliphatic heterocycles. The average Bonchev–Trinajstić information content (AvgIpc) is 3.12. The van der Waals surface area contributed by atoms with Crippen LogP contribution in [-0.4, -0.2) is 31.4 Å². The van der Waals surface area contributed by atoms with Crippen LogP contribution >= 0.6 is 0 Å². The van der Waals surface area contributed by atoms with Crippen molar-refractivity contribution in [3.63, 3.8) is 0 Å². The third kappa shape index (κ3) is 4.78. The first-order valence-corrected chi connectivity index (χ1v) is 10.5. The summed E-state index contributed by atoms with van der Waals surface area (Å²) in [5.74, 6) is 0.00859. The van der Waals surface area contributed by atoms with Gasteiger partial charge in [-0.15, -0.1) is 0 Å². The Bertz CT molecular complexity index is 839. The summed E-state index contributed by atoms with van der Waals surface area (Å²) in [4.78, 5) is 29.2. The van der Waals surface area contributed by atoms with E-state index >= 15 is 0 Å². The van der Waals surface area contributed by atoms with Crippen molar-refractivity contribution in [1.82, 2.24) is 0 Å². The van der Waals surface area contributed by atoms with Crippen molar-refractivity contribution >= 4 is 28.9 Å². The molecule has 0 radical (unpaired) electrons. The standard InChI is InChI=1S/C24H31N3O2/c1-5-26(6-2)21-13-9-20(10-14-21)25-24(29)19-15-23(28)27(16-19)22-11-7-18(8-12-22)17(3)4/h7-14,17,19H,5-6,15-16H2,1-4H3,(H,25,29). The summed E-state index contributed by atoms with van der Waals surface area (Å²) >= 11 is 0. The van der Waals surface area contributed by atoms with Crippen LogP contribution in [0.2, 0.25) is 0 Å². The predicted molar refractivity (Wildman–Crippen MR) is 120 cm³/mol. The van der Waals surface area contributed by atoms with Crippen molar-refractivity contribution in [3.8, 4) is 0 Å². The molecule has 1 heterocycles. The maximum Gasteiger partial charge on any atom is 0.229 e. The lowest BCUT2D eigenvalue weighted by molar-refractivity contribution is -0.122. The Morgan fingerprint density at radius 2 is 1.69 bits per heavy atom. The molecule has 2 aromatic carbocycles. The third-order valence-corrected chi connectivity index (χ3v) is 5.63. The SMILES string of the molecule is CCN(CC)c1ccc(NC(=O)C2CC(=O)N(c3ccc(C(C)C)cc3)C2)cc1. The second-order valence-corrected chi connectivity index (χ2v) is 7.86. The van der Waals surface area contributed by atoms with E-state index in [9.17, 15) is 9.59 Å². The van der Waals surface area contributed by atoms with Crippen molar-refractivity contribution in [2.75, 3.05) is 34.8 Å². The molecule has 154 valence electrons. The highest BCUT2D eigenvalue weighted by atomic mass is 16.2. The fourth-order valence-corrected chi connectivity index (χ4v) is 3.76. The van der Waals surface area contributed by atoms with Crippen LogP contribution in [0.25, 0.3) is 0 Å².